The lowest BCUT2D eigenvalue weighted by Crippen LogP contribution is -2.20. The van der Waals surface area contributed by atoms with E-state index in [-0.39, 0.29) is 18.8 Å². The third-order valence-corrected chi connectivity index (χ3v) is 3.56. The summed E-state index contributed by atoms with van der Waals surface area (Å²) < 4.78 is 10.6. The number of fused-ring (bicyclic) bond motifs is 1. The molecule has 1 aromatic heterocycles. The fourth-order valence-corrected chi connectivity index (χ4v) is 2.59. The van der Waals surface area contributed by atoms with Gasteiger partial charge in [-0.3, -0.25) is 14.7 Å². The van der Waals surface area contributed by atoms with E-state index in [2.05, 4.69) is 10.2 Å². The molecule has 3 rings (SSSR count). The normalized spacial score (nSPS) is 14.1. The molecular formula is C14H15N3O4. The molecule has 1 aliphatic heterocycles. The number of aryl methyl sites for hydroxylation is 1. The van der Waals surface area contributed by atoms with Crippen LogP contribution in [-0.4, -0.2) is 22.9 Å². The summed E-state index contributed by atoms with van der Waals surface area (Å²) in [4.78, 5) is 23.4. The number of hydrogen-bond donors (Lipinski definition) is 3. The maximum Gasteiger partial charge on any atom is 0.267 e. The van der Waals surface area contributed by atoms with E-state index in [1.165, 1.54) is 0 Å². The van der Waals surface area contributed by atoms with Gasteiger partial charge in [-0.05, 0) is 24.6 Å². The molecule has 0 aliphatic carbocycles. The van der Waals surface area contributed by atoms with Gasteiger partial charge in [-0.1, -0.05) is 6.07 Å². The lowest BCUT2D eigenvalue weighted by Gasteiger charge is -2.15. The molecule has 1 aromatic carbocycles. The highest BCUT2D eigenvalue weighted by atomic mass is 16.7. The highest BCUT2D eigenvalue weighted by Crippen LogP contribution is 2.37. The Kier molecular flexibility index (Phi) is 3.17. The summed E-state index contributed by atoms with van der Waals surface area (Å²) in [6.45, 7) is 1.94. The minimum absolute atomic E-state index is 0.0431. The quantitative estimate of drug-likeness (QED) is 0.771. The molecule has 0 saturated carbocycles. The number of primary amides is 1. The van der Waals surface area contributed by atoms with Gasteiger partial charge in [0.1, 0.15) is 0 Å². The van der Waals surface area contributed by atoms with Gasteiger partial charge in [0.25, 0.3) is 5.56 Å². The number of carbonyl (C=O) groups is 1. The van der Waals surface area contributed by atoms with Crippen LogP contribution in [0.5, 0.6) is 11.5 Å². The smallest absolute Gasteiger partial charge is 0.267 e. The zero-order valence-electron chi connectivity index (χ0n) is 11.4. The van der Waals surface area contributed by atoms with Gasteiger partial charge >= 0.3 is 0 Å². The number of rotatable bonds is 4. The summed E-state index contributed by atoms with van der Waals surface area (Å²) >= 11 is 0. The second-order valence-corrected chi connectivity index (χ2v) is 4.95. The minimum atomic E-state index is -0.474. The first kappa shape index (κ1) is 13.3. The van der Waals surface area contributed by atoms with Crippen LogP contribution in [0.4, 0.5) is 0 Å². The Morgan fingerprint density at radius 3 is 2.76 bits per heavy atom. The van der Waals surface area contributed by atoms with Crippen molar-refractivity contribution < 1.29 is 14.3 Å². The van der Waals surface area contributed by atoms with Gasteiger partial charge in [0.15, 0.2) is 11.5 Å². The maximum absolute atomic E-state index is 12.0. The van der Waals surface area contributed by atoms with Crippen molar-refractivity contribution >= 4 is 5.91 Å². The van der Waals surface area contributed by atoms with Crippen molar-refractivity contribution in [2.24, 2.45) is 5.73 Å². The number of H-pyrrole nitrogens is 2. The van der Waals surface area contributed by atoms with E-state index in [4.69, 9.17) is 15.2 Å². The Morgan fingerprint density at radius 1 is 1.33 bits per heavy atom. The Bertz CT molecular complexity index is 747. The van der Waals surface area contributed by atoms with Crippen LogP contribution in [-0.2, 0) is 4.79 Å². The molecule has 2 heterocycles. The van der Waals surface area contributed by atoms with Gasteiger partial charge in [0.05, 0.1) is 0 Å². The first-order chi connectivity index (χ1) is 10.1. The summed E-state index contributed by atoms with van der Waals surface area (Å²) in [5.41, 5.74) is 7.05. The molecule has 1 atom stereocenters. The fourth-order valence-electron chi connectivity index (χ4n) is 2.59. The Balaban J connectivity index is 2.08. The molecule has 0 bridgehead atoms. The molecular weight excluding hydrogens is 274 g/mol. The molecule has 7 heteroatoms. The van der Waals surface area contributed by atoms with Crippen LogP contribution in [0.3, 0.4) is 0 Å². The summed E-state index contributed by atoms with van der Waals surface area (Å²) in [6.07, 6.45) is 0.0431. The van der Waals surface area contributed by atoms with Crippen molar-refractivity contribution in [3.63, 3.8) is 0 Å². The number of nitrogens with two attached hydrogens (primary N) is 1. The molecule has 1 amide bonds. The van der Waals surface area contributed by atoms with Crippen molar-refractivity contribution in [3.05, 3.63) is 45.4 Å². The van der Waals surface area contributed by atoms with Crippen LogP contribution in [0.2, 0.25) is 0 Å². The molecule has 0 saturated heterocycles. The van der Waals surface area contributed by atoms with Gasteiger partial charge in [-0.25, -0.2) is 0 Å². The monoisotopic (exact) mass is 289 g/mol. The first-order valence-electron chi connectivity index (χ1n) is 6.51. The number of carbonyl (C=O) groups excluding carboxylic acids is 1. The van der Waals surface area contributed by atoms with Gasteiger partial charge in [0, 0.05) is 23.6 Å². The molecule has 7 nitrogen and oxygen atoms in total. The summed E-state index contributed by atoms with van der Waals surface area (Å²) in [5, 5.41) is 5.29. The average molecular weight is 289 g/mol. The molecule has 110 valence electrons. The highest BCUT2D eigenvalue weighted by Gasteiger charge is 2.25. The van der Waals surface area contributed by atoms with E-state index in [9.17, 15) is 9.59 Å². The Hall–Kier alpha value is -2.70. The standard InChI is InChI=1S/C14H15N3O4/c1-7-13(14(19)17-16-7)9(5-12(15)18)8-2-3-10-11(4-8)21-6-20-10/h2-4,9H,5-6H2,1H3,(H2,15,18)(H2,16,17,19)/t9-/m1/s1. The van der Waals surface area contributed by atoms with Gasteiger partial charge in [-0.15, -0.1) is 0 Å². The van der Waals surface area contributed by atoms with E-state index in [1.54, 1.807) is 19.1 Å². The molecule has 0 unspecified atom stereocenters. The van der Waals surface area contributed by atoms with Crippen molar-refractivity contribution in [1.29, 1.82) is 0 Å². The van der Waals surface area contributed by atoms with Crippen LogP contribution in [0.1, 0.15) is 29.2 Å². The second-order valence-electron chi connectivity index (χ2n) is 4.95. The van der Waals surface area contributed by atoms with Crippen LogP contribution in [0.25, 0.3) is 0 Å². The zero-order valence-corrected chi connectivity index (χ0v) is 11.4. The summed E-state index contributed by atoms with van der Waals surface area (Å²) in [7, 11) is 0. The fraction of sp³-hybridized carbons (Fsp3) is 0.286. The SMILES string of the molecule is Cc1[nH][nH]c(=O)c1[C@H](CC(N)=O)c1ccc2c(c1)OCO2. The molecule has 21 heavy (non-hydrogen) atoms. The summed E-state index contributed by atoms with van der Waals surface area (Å²) in [5.74, 6) is 0.354. The number of ether oxygens (including phenoxy) is 2. The number of benzene rings is 1. The largest absolute Gasteiger partial charge is 0.454 e. The molecule has 1 aliphatic rings. The highest BCUT2D eigenvalue weighted by molar-refractivity contribution is 5.75. The molecule has 0 spiro atoms. The van der Waals surface area contributed by atoms with E-state index in [0.717, 1.165) is 5.56 Å². The van der Waals surface area contributed by atoms with Crippen molar-refractivity contribution in [2.45, 2.75) is 19.3 Å². The van der Waals surface area contributed by atoms with Crippen LogP contribution in [0.15, 0.2) is 23.0 Å². The van der Waals surface area contributed by atoms with Crippen LogP contribution >= 0.6 is 0 Å². The van der Waals surface area contributed by atoms with Gasteiger partial charge < -0.3 is 20.3 Å². The topological polar surface area (TPSA) is 110 Å². The lowest BCUT2D eigenvalue weighted by atomic mass is 9.88. The molecule has 0 radical (unpaired) electrons. The predicted octanol–water partition coefficient (Wildman–Crippen LogP) is 0.747. The van der Waals surface area contributed by atoms with Gasteiger partial charge in [0.2, 0.25) is 12.7 Å². The van der Waals surface area contributed by atoms with Gasteiger partial charge in [-0.2, -0.15) is 0 Å². The lowest BCUT2D eigenvalue weighted by molar-refractivity contribution is -0.118. The second kappa shape index (κ2) is 5.01. The summed E-state index contributed by atoms with van der Waals surface area (Å²) in [6, 6.07) is 5.36. The van der Waals surface area contributed by atoms with Crippen LogP contribution in [0, 0.1) is 6.92 Å². The average Bonchev–Trinajstić information content (AvgIpc) is 3.02. The molecule has 0 fully saturated rings. The van der Waals surface area contributed by atoms with Crippen molar-refractivity contribution in [3.8, 4) is 11.5 Å². The Morgan fingerprint density at radius 2 is 2.10 bits per heavy atom. The number of hydrogen-bond acceptors (Lipinski definition) is 4. The van der Waals surface area contributed by atoms with E-state index in [0.29, 0.717) is 22.8 Å². The molecule has 4 N–H and O–H groups in total. The number of nitrogens with one attached hydrogen (secondary N) is 2. The van der Waals surface area contributed by atoms with Crippen LogP contribution < -0.4 is 20.8 Å². The number of amides is 1. The zero-order chi connectivity index (χ0) is 15.0. The van der Waals surface area contributed by atoms with Crippen molar-refractivity contribution in [2.75, 3.05) is 6.79 Å². The molecule has 2 aromatic rings. The Labute approximate surface area is 120 Å². The number of aromatic amines is 2. The third kappa shape index (κ3) is 2.37. The van der Waals surface area contributed by atoms with Crippen molar-refractivity contribution in [1.82, 2.24) is 10.2 Å². The van der Waals surface area contributed by atoms with E-state index >= 15 is 0 Å². The maximum atomic E-state index is 12.0. The predicted molar refractivity (Wildman–Crippen MR) is 74.4 cm³/mol. The first-order valence-corrected chi connectivity index (χ1v) is 6.51. The van der Waals surface area contributed by atoms with E-state index in [1.807, 2.05) is 6.07 Å². The number of aromatic nitrogens is 2. The minimum Gasteiger partial charge on any atom is -0.454 e. The third-order valence-electron chi connectivity index (χ3n) is 3.56. The van der Waals surface area contributed by atoms with E-state index < -0.39 is 11.8 Å².